The topological polar surface area (TPSA) is 83.1 Å². The first kappa shape index (κ1) is 22.6. The quantitative estimate of drug-likeness (QED) is 0.727. The van der Waals surface area contributed by atoms with E-state index in [4.69, 9.17) is 0 Å². The van der Waals surface area contributed by atoms with Gasteiger partial charge in [0, 0.05) is 18.8 Å². The van der Waals surface area contributed by atoms with Gasteiger partial charge in [0.15, 0.2) is 0 Å². The maximum Gasteiger partial charge on any atom is 0.270 e. The molecule has 2 amide bonds. The van der Waals surface area contributed by atoms with Crippen LogP contribution < -0.4 is 16.0 Å². The van der Waals surface area contributed by atoms with Crippen LogP contribution in [0.15, 0.2) is 24.4 Å². The number of hydrogen-bond donors (Lipinski definition) is 3. The van der Waals surface area contributed by atoms with Gasteiger partial charge >= 0.3 is 0 Å². The highest BCUT2D eigenvalue weighted by Crippen LogP contribution is 2.07. The van der Waals surface area contributed by atoms with E-state index in [1.165, 1.54) is 0 Å². The van der Waals surface area contributed by atoms with E-state index in [1.54, 1.807) is 24.4 Å². The zero-order chi connectivity index (χ0) is 15.9. The molecule has 8 heteroatoms. The fourth-order valence-electron chi connectivity index (χ4n) is 2.51. The molecule has 24 heavy (non-hydrogen) atoms. The normalized spacial score (nSPS) is 17.9. The summed E-state index contributed by atoms with van der Waals surface area (Å²) in [5, 5.41) is 9.07. The molecule has 1 unspecified atom stereocenters. The molecule has 1 aromatic heterocycles. The van der Waals surface area contributed by atoms with Crippen LogP contribution >= 0.6 is 24.8 Å². The second-order valence-electron chi connectivity index (χ2n) is 5.96. The third kappa shape index (κ3) is 6.63. The minimum absolute atomic E-state index is 0. The molecule has 2 rings (SSSR count). The van der Waals surface area contributed by atoms with Crippen LogP contribution in [0, 0.1) is 5.92 Å². The van der Waals surface area contributed by atoms with Gasteiger partial charge in [0.05, 0.1) is 0 Å². The summed E-state index contributed by atoms with van der Waals surface area (Å²) in [7, 11) is 0. The van der Waals surface area contributed by atoms with E-state index in [-0.39, 0.29) is 48.6 Å². The van der Waals surface area contributed by atoms with E-state index in [0.717, 1.165) is 25.9 Å². The number of piperidine rings is 1. The summed E-state index contributed by atoms with van der Waals surface area (Å²) in [5.74, 6) is -0.451. The summed E-state index contributed by atoms with van der Waals surface area (Å²) in [4.78, 5) is 28.6. The van der Waals surface area contributed by atoms with Gasteiger partial charge in [0.1, 0.15) is 11.7 Å². The minimum atomic E-state index is -0.559. The number of carbonyl (C=O) groups is 2. The standard InChI is InChI=1S/C16H24N4O2.2ClH/c1-11(2)14(16(22)19-12-6-5-8-17-10-12)20-15(21)13-7-3-4-9-18-13;;/h3-4,7,9,11-12,14,17H,5-6,8,10H2,1-2H3,(H,19,22)(H,20,21);2*1H/t12-,14?;;/m0../s1. The van der Waals surface area contributed by atoms with Crippen molar-refractivity contribution in [2.45, 2.75) is 38.8 Å². The van der Waals surface area contributed by atoms with Gasteiger partial charge in [-0.15, -0.1) is 24.8 Å². The Morgan fingerprint density at radius 2 is 2.04 bits per heavy atom. The molecule has 1 aromatic rings. The first-order valence-electron chi connectivity index (χ1n) is 7.81. The Morgan fingerprint density at radius 1 is 1.29 bits per heavy atom. The predicted molar refractivity (Wildman–Crippen MR) is 98.9 cm³/mol. The summed E-state index contributed by atoms with van der Waals surface area (Å²) >= 11 is 0. The van der Waals surface area contributed by atoms with E-state index in [1.807, 2.05) is 13.8 Å². The number of hydrogen-bond acceptors (Lipinski definition) is 4. The lowest BCUT2D eigenvalue weighted by molar-refractivity contribution is -0.124. The molecule has 2 heterocycles. The summed E-state index contributed by atoms with van der Waals surface area (Å²) in [5.41, 5.74) is 0.320. The van der Waals surface area contributed by atoms with Gasteiger partial charge in [0.2, 0.25) is 5.91 Å². The van der Waals surface area contributed by atoms with Gasteiger partial charge in [-0.1, -0.05) is 19.9 Å². The van der Waals surface area contributed by atoms with Crippen LogP contribution in [0.4, 0.5) is 0 Å². The molecular formula is C16H26Cl2N4O2. The molecule has 1 fully saturated rings. The summed E-state index contributed by atoms with van der Waals surface area (Å²) in [6.45, 7) is 5.62. The second-order valence-corrected chi connectivity index (χ2v) is 5.96. The largest absolute Gasteiger partial charge is 0.350 e. The van der Waals surface area contributed by atoms with Crippen LogP contribution in [-0.4, -0.2) is 42.0 Å². The number of aromatic nitrogens is 1. The van der Waals surface area contributed by atoms with Crippen LogP contribution in [0.2, 0.25) is 0 Å². The Balaban J connectivity index is 0.00000264. The van der Waals surface area contributed by atoms with Crippen molar-refractivity contribution < 1.29 is 9.59 Å². The number of rotatable bonds is 5. The number of nitrogens with one attached hydrogen (secondary N) is 3. The van der Waals surface area contributed by atoms with Crippen molar-refractivity contribution >= 4 is 36.6 Å². The molecular weight excluding hydrogens is 351 g/mol. The van der Waals surface area contributed by atoms with Crippen LogP contribution in [0.5, 0.6) is 0 Å². The fraction of sp³-hybridized carbons (Fsp3) is 0.562. The fourth-order valence-corrected chi connectivity index (χ4v) is 2.51. The molecule has 0 aromatic carbocycles. The average Bonchev–Trinajstić information content (AvgIpc) is 2.53. The van der Waals surface area contributed by atoms with Crippen molar-refractivity contribution in [1.29, 1.82) is 0 Å². The smallest absolute Gasteiger partial charge is 0.270 e. The molecule has 1 aliphatic heterocycles. The lowest BCUT2D eigenvalue weighted by atomic mass is 10.0. The first-order valence-corrected chi connectivity index (χ1v) is 7.81. The van der Waals surface area contributed by atoms with Crippen molar-refractivity contribution in [3.63, 3.8) is 0 Å². The number of amides is 2. The number of pyridine rings is 1. The summed E-state index contributed by atoms with van der Waals surface area (Å²) in [6.07, 6.45) is 3.59. The molecule has 0 saturated carbocycles. The highest BCUT2D eigenvalue weighted by atomic mass is 35.5. The van der Waals surface area contributed by atoms with Crippen LogP contribution in [0.3, 0.4) is 0 Å². The molecule has 1 aliphatic rings. The van der Waals surface area contributed by atoms with Gasteiger partial charge in [-0.05, 0) is 37.4 Å². The SMILES string of the molecule is CC(C)C(NC(=O)c1ccccn1)C(=O)N[C@H]1CCCNC1.Cl.Cl. The highest BCUT2D eigenvalue weighted by Gasteiger charge is 2.27. The maximum atomic E-state index is 12.4. The number of halogens is 2. The minimum Gasteiger partial charge on any atom is -0.350 e. The highest BCUT2D eigenvalue weighted by molar-refractivity contribution is 5.96. The van der Waals surface area contributed by atoms with Gasteiger partial charge in [-0.3, -0.25) is 14.6 Å². The molecule has 0 aliphatic carbocycles. The lowest BCUT2D eigenvalue weighted by Crippen LogP contribution is -2.54. The van der Waals surface area contributed by atoms with Crippen molar-refractivity contribution in [1.82, 2.24) is 20.9 Å². The van der Waals surface area contributed by atoms with Gasteiger partial charge < -0.3 is 16.0 Å². The number of carbonyl (C=O) groups excluding carboxylic acids is 2. The molecule has 1 saturated heterocycles. The van der Waals surface area contributed by atoms with Gasteiger partial charge in [-0.25, -0.2) is 0 Å². The lowest BCUT2D eigenvalue weighted by Gasteiger charge is -2.28. The third-order valence-electron chi connectivity index (χ3n) is 3.78. The summed E-state index contributed by atoms with van der Waals surface area (Å²) < 4.78 is 0. The summed E-state index contributed by atoms with van der Waals surface area (Å²) in [6, 6.07) is 4.71. The van der Waals surface area contributed by atoms with Crippen molar-refractivity contribution in [2.75, 3.05) is 13.1 Å². The van der Waals surface area contributed by atoms with Crippen LogP contribution in [0.1, 0.15) is 37.2 Å². The van der Waals surface area contributed by atoms with Crippen LogP contribution in [-0.2, 0) is 4.79 Å². The third-order valence-corrected chi connectivity index (χ3v) is 3.78. The van der Waals surface area contributed by atoms with E-state index in [0.29, 0.717) is 5.69 Å². The van der Waals surface area contributed by atoms with Crippen molar-refractivity contribution in [3.05, 3.63) is 30.1 Å². The van der Waals surface area contributed by atoms with Crippen molar-refractivity contribution in [3.8, 4) is 0 Å². The second kappa shape index (κ2) is 11.2. The maximum absolute atomic E-state index is 12.4. The molecule has 2 atom stereocenters. The predicted octanol–water partition coefficient (Wildman–Crippen LogP) is 1.55. The van der Waals surface area contributed by atoms with Crippen LogP contribution in [0.25, 0.3) is 0 Å². The first-order chi connectivity index (χ1) is 10.6. The molecule has 3 N–H and O–H groups in total. The van der Waals surface area contributed by atoms with E-state index in [9.17, 15) is 9.59 Å². The van der Waals surface area contributed by atoms with Crippen molar-refractivity contribution in [2.24, 2.45) is 5.92 Å². The zero-order valence-corrected chi connectivity index (χ0v) is 15.6. The Labute approximate surface area is 155 Å². The molecule has 0 bridgehead atoms. The Morgan fingerprint density at radius 3 is 2.58 bits per heavy atom. The van der Waals surface area contributed by atoms with E-state index in [2.05, 4.69) is 20.9 Å². The van der Waals surface area contributed by atoms with Gasteiger partial charge in [-0.2, -0.15) is 0 Å². The molecule has 0 spiro atoms. The zero-order valence-electron chi connectivity index (χ0n) is 14.0. The average molecular weight is 377 g/mol. The Bertz CT molecular complexity index is 508. The Kier molecular flexibility index (Phi) is 10.6. The monoisotopic (exact) mass is 376 g/mol. The van der Waals surface area contributed by atoms with Gasteiger partial charge in [0.25, 0.3) is 5.91 Å². The molecule has 136 valence electrons. The van der Waals surface area contributed by atoms with E-state index >= 15 is 0 Å². The Hall–Kier alpha value is -1.37. The number of nitrogens with zero attached hydrogens (tertiary/aromatic N) is 1. The molecule has 6 nitrogen and oxygen atoms in total. The van der Waals surface area contributed by atoms with E-state index < -0.39 is 6.04 Å². The molecule has 0 radical (unpaired) electrons.